The topological polar surface area (TPSA) is 26.3 Å². The predicted octanol–water partition coefficient (Wildman–Crippen LogP) is 5.23. The molecule has 1 aromatic rings. The van der Waals surface area contributed by atoms with E-state index in [1.807, 2.05) is 30.3 Å². The van der Waals surface area contributed by atoms with Gasteiger partial charge in [-0.05, 0) is 31.2 Å². The first-order valence-corrected chi connectivity index (χ1v) is 8.56. The molecule has 2 rings (SSSR count). The standard InChI is InChI=1S/C19H28O2/c1-2-3-4-5-6-10-13-17-14-15-18(19(20)21-17)16-11-8-7-9-12-16/h7-9,11-12,17-18H,2-6,10,13-15H2,1H3. The summed E-state index contributed by atoms with van der Waals surface area (Å²) in [6.07, 6.45) is 10.9. The van der Waals surface area contributed by atoms with E-state index in [0.29, 0.717) is 0 Å². The molecule has 2 atom stereocenters. The number of esters is 1. The molecule has 1 saturated heterocycles. The van der Waals surface area contributed by atoms with Gasteiger partial charge in [0.05, 0.1) is 5.92 Å². The van der Waals surface area contributed by atoms with Crippen LogP contribution in [0.1, 0.15) is 76.2 Å². The Morgan fingerprint density at radius 2 is 1.71 bits per heavy atom. The molecule has 1 aromatic carbocycles. The SMILES string of the molecule is CCCCCCCCC1CCC(c2ccccc2)C(=O)O1. The average molecular weight is 288 g/mol. The maximum Gasteiger partial charge on any atom is 0.313 e. The largest absolute Gasteiger partial charge is 0.462 e. The van der Waals surface area contributed by atoms with Crippen LogP contribution in [0.3, 0.4) is 0 Å². The van der Waals surface area contributed by atoms with Crippen molar-refractivity contribution in [1.82, 2.24) is 0 Å². The van der Waals surface area contributed by atoms with Crippen molar-refractivity contribution in [3.05, 3.63) is 35.9 Å². The lowest BCUT2D eigenvalue weighted by molar-refractivity contribution is -0.156. The highest BCUT2D eigenvalue weighted by atomic mass is 16.5. The first-order valence-electron chi connectivity index (χ1n) is 8.56. The molecule has 0 amide bonds. The quantitative estimate of drug-likeness (QED) is 0.484. The highest BCUT2D eigenvalue weighted by Crippen LogP contribution is 2.31. The number of hydrogen-bond donors (Lipinski definition) is 0. The van der Waals surface area contributed by atoms with Crippen molar-refractivity contribution in [3.8, 4) is 0 Å². The van der Waals surface area contributed by atoms with Gasteiger partial charge in [-0.2, -0.15) is 0 Å². The van der Waals surface area contributed by atoms with Gasteiger partial charge in [-0.1, -0.05) is 69.4 Å². The second kappa shape index (κ2) is 8.86. The van der Waals surface area contributed by atoms with Crippen LogP contribution in [0, 0.1) is 0 Å². The maximum absolute atomic E-state index is 12.2. The molecule has 0 N–H and O–H groups in total. The Kier molecular flexibility index (Phi) is 6.78. The van der Waals surface area contributed by atoms with Crippen LogP contribution in [0.2, 0.25) is 0 Å². The Morgan fingerprint density at radius 1 is 1.00 bits per heavy atom. The summed E-state index contributed by atoms with van der Waals surface area (Å²) in [5.74, 6) is -0.0737. The van der Waals surface area contributed by atoms with E-state index >= 15 is 0 Å². The van der Waals surface area contributed by atoms with Gasteiger partial charge in [0.15, 0.2) is 0 Å². The minimum absolute atomic E-state index is 0.0246. The minimum Gasteiger partial charge on any atom is -0.462 e. The summed E-state index contributed by atoms with van der Waals surface area (Å²) in [7, 11) is 0. The first-order chi connectivity index (χ1) is 10.3. The molecule has 1 heterocycles. The van der Waals surface area contributed by atoms with E-state index in [4.69, 9.17) is 4.74 Å². The van der Waals surface area contributed by atoms with Gasteiger partial charge >= 0.3 is 5.97 Å². The number of carbonyl (C=O) groups excluding carboxylic acids is 1. The fraction of sp³-hybridized carbons (Fsp3) is 0.632. The lowest BCUT2D eigenvalue weighted by Crippen LogP contribution is -2.29. The van der Waals surface area contributed by atoms with Crippen LogP contribution in [0.4, 0.5) is 0 Å². The van der Waals surface area contributed by atoms with Crippen LogP contribution in [-0.4, -0.2) is 12.1 Å². The first kappa shape index (κ1) is 16.1. The van der Waals surface area contributed by atoms with Crippen molar-refractivity contribution in [1.29, 1.82) is 0 Å². The lowest BCUT2D eigenvalue weighted by atomic mass is 9.89. The van der Waals surface area contributed by atoms with Gasteiger partial charge in [-0.25, -0.2) is 0 Å². The maximum atomic E-state index is 12.2. The molecule has 116 valence electrons. The monoisotopic (exact) mass is 288 g/mol. The van der Waals surface area contributed by atoms with Gasteiger partial charge in [-0.3, -0.25) is 4.79 Å². The highest BCUT2D eigenvalue weighted by molar-refractivity contribution is 5.78. The number of rotatable bonds is 8. The molecular formula is C19H28O2. The zero-order valence-corrected chi connectivity index (χ0v) is 13.2. The Balaban J connectivity index is 1.68. The normalized spacial score (nSPS) is 22.0. The second-order valence-electron chi connectivity index (χ2n) is 6.16. The molecule has 0 aliphatic carbocycles. The van der Waals surface area contributed by atoms with Gasteiger partial charge in [-0.15, -0.1) is 0 Å². The number of hydrogen-bond acceptors (Lipinski definition) is 2. The third kappa shape index (κ3) is 5.18. The number of unbranched alkanes of at least 4 members (excludes halogenated alkanes) is 5. The summed E-state index contributed by atoms with van der Waals surface area (Å²) in [6.45, 7) is 2.24. The molecule has 2 nitrogen and oxygen atoms in total. The van der Waals surface area contributed by atoms with Crippen LogP contribution in [-0.2, 0) is 9.53 Å². The molecule has 21 heavy (non-hydrogen) atoms. The van der Waals surface area contributed by atoms with E-state index in [-0.39, 0.29) is 18.0 Å². The van der Waals surface area contributed by atoms with Gasteiger partial charge < -0.3 is 4.74 Å². The van der Waals surface area contributed by atoms with Crippen LogP contribution < -0.4 is 0 Å². The zero-order chi connectivity index (χ0) is 14.9. The number of cyclic esters (lactones) is 1. The van der Waals surface area contributed by atoms with Crippen LogP contribution in [0.15, 0.2) is 30.3 Å². The smallest absolute Gasteiger partial charge is 0.313 e. The number of benzene rings is 1. The molecule has 1 aliphatic rings. The minimum atomic E-state index is -0.0491. The van der Waals surface area contributed by atoms with E-state index in [1.165, 1.54) is 38.5 Å². The average Bonchev–Trinajstić information content (AvgIpc) is 2.52. The summed E-state index contributed by atoms with van der Waals surface area (Å²) >= 11 is 0. The Hall–Kier alpha value is -1.31. The summed E-state index contributed by atoms with van der Waals surface area (Å²) in [5.41, 5.74) is 1.10. The summed E-state index contributed by atoms with van der Waals surface area (Å²) < 4.78 is 5.64. The Labute approximate surface area is 128 Å². The Morgan fingerprint density at radius 3 is 2.43 bits per heavy atom. The molecule has 0 bridgehead atoms. The van der Waals surface area contributed by atoms with E-state index in [1.54, 1.807) is 0 Å². The van der Waals surface area contributed by atoms with E-state index < -0.39 is 0 Å². The van der Waals surface area contributed by atoms with E-state index in [9.17, 15) is 4.79 Å². The summed E-state index contributed by atoms with van der Waals surface area (Å²) in [4.78, 5) is 12.2. The molecule has 2 heteroatoms. The molecule has 1 aliphatic heterocycles. The third-order valence-electron chi connectivity index (χ3n) is 4.43. The van der Waals surface area contributed by atoms with Crippen LogP contribution in [0.5, 0.6) is 0 Å². The third-order valence-corrected chi connectivity index (χ3v) is 4.43. The highest BCUT2D eigenvalue weighted by Gasteiger charge is 2.30. The van der Waals surface area contributed by atoms with Crippen molar-refractivity contribution < 1.29 is 9.53 Å². The fourth-order valence-corrected chi connectivity index (χ4v) is 3.12. The molecule has 0 saturated carbocycles. The Bertz CT molecular complexity index is 413. The second-order valence-corrected chi connectivity index (χ2v) is 6.16. The lowest BCUT2D eigenvalue weighted by Gasteiger charge is -2.28. The number of carbonyl (C=O) groups is 1. The number of ether oxygens (including phenoxy) is 1. The fourth-order valence-electron chi connectivity index (χ4n) is 3.12. The summed E-state index contributed by atoms with van der Waals surface area (Å²) in [6, 6.07) is 10.0. The van der Waals surface area contributed by atoms with Crippen molar-refractivity contribution in [2.24, 2.45) is 0 Å². The molecule has 1 fully saturated rings. The molecule has 2 unspecified atom stereocenters. The van der Waals surface area contributed by atoms with Crippen LogP contribution in [0.25, 0.3) is 0 Å². The predicted molar refractivity (Wildman–Crippen MR) is 86.3 cm³/mol. The van der Waals surface area contributed by atoms with Crippen molar-refractivity contribution in [3.63, 3.8) is 0 Å². The van der Waals surface area contributed by atoms with Gasteiger partial charge in [0, 0.05) is 0 Å². The van der Waals surface area contributed by atoms with Crippen LogP contribution >= 0.6 is 0 Å². The van der Waals surface area contributed by atoms with E-state index in [2.05, 4.69) is 6.92 Å². The van der Waals surface area contributed by atoms with Gasteiger partial charge in [0.2, 0.25) is 0 Å². The van der Waals surface area contributed by atoms with Crippen molar-refractivity contribution >= 4 is 5.97 Å². The van der Waals surface area contributed by atoms with Gasteiger partial charge in [0.1, 0.15) is 6.10 Å². The van der Waals surface area contributed by atoms with Crippen molar-refractivity contribution in [2.45, 2.75) is 76.7 Å². The zero-order valence-electron chi connectivity index (χ0n) is 13.2. The summed E-state index contributed by atoms with van der Waals surface area (Å²) in [5, 5.41) is 0. The van der Waals surface area contributed by atoms with Gasteiger partial charge in [0.25, 0.3) is 0 Å². The molecule has 0 radical (unpaired) electrons. The molecule has 0 spiro atoms. The molecule has 0 aromatic heterocycles. The van der Waals surface area contributed by atoms with Crippen molar-refractivity contribution in [2.75, 3.05) is 0 Å². The van der Waals surface area contributed by atoms with E-state index in [0.717, 1.165) is 24.8 Å². The molecular weight excluding hydrogens is 260 g/mol.